The molecule has 0 aliphatic carbocycles. The summed E-state index contributed by atoms with van der Waals surface area (Å²) in [5.74, 6) is 1.83. The Kier molecular flexibility index (Phi) is 7.37. The smallest absolute Gasteiger partial charge is 0.387 e. The van der Waals surface area contributed by atoms with Gasteiger partial charge in [-0.1, -0.05) is 48.0 Å². The van der Waals surface area contributed by atoms with E-state index in [4.69, 9.17) is 4.42 Å². The van der Waals surface area contributed by atoms with E-state index in [1.54, 1.807) is 24.4 Å². The highest BCUT2D eigenvalue weighted by molar-refractivity contribution is 5.79. The topological polar surface area (TPSA) is 71.7 Å². The number of hydrogen-bond donors (Lipinski definition) is 2. The van der Waals surface area contributed by atoms with Crippen molar-refractivity contribution in [3.8, 4) is 17.1 Å². The van der Waals surface area contributed by atoms with E-state index in [9.17, 15) is 8.78 Å². The van der Waals surface area contributed by atoms with Crippen molar-refractivity contribution >= 4 is 5.96 Å². The molecule has 0 bridgehead atoms. The predicted octanol–water partition coefficient (Wildman–Crippen LogP) is 4.51. The molecule has 1 aromatic heterocycles. The van der Waals surface area contributed by atoms with Gasteiger partial charge in [-0.05, 0) is 19.9 Å². The molecule has 0 unspecified atom stereocenters. The van der Waals surface area contributed by atoms with Crippen molar-refractivity contribution in [2.45, 2.75) is 33.5 Å². The summed E-state index contributed by atoms with van der Waals surface area (Å²) in [7, 11) is 0. The van der Waals surface area contributed by atoms with Gasteiger partial charge < -0.3 is 19.8 Å². The van der Waals surface area contributed by atoms with Gasteiger partial charge in [0.1, 0.15) is 5.75 Å². The summed E-state index contributed by atoms with van der Waals surface area (Å²) in [6.45, 7) is 2.23. The Labute approximate surface area is 174 Å². The number of aryl methyl sites for hydroxylation is 1. The van der Waals surface area contributed by atoms with Crippen LogP contribution in [-0.4, -0.2) is 24.1 Å². The summed E-state index contributed by atoms with van der Waals surface area (Å²) >= 11 is 0. The van der Waals surface area contributed by atoms with Gasteiger partial charge in [-0.2, -0.15) is 8.78 Å². The molecular weight excluding hydrogens is 390 g/mol. The molecule has 0 spiro atoms. The van der Waals surface area contributed by atoms with Gasteiger partial charge >= 0.3 is 6.61 Å². The maximum absolute atomic E-state index is 12.6. The number of rotatable bonds is 8. The largest absolute Gasteiger partial charge is 0.439 e. The van der Waals surface area contributed by atoms with Crippen LogP contribution in [0.1, 0.15) is 23.9 Å². The van der Waals surface area contributed by atoms with Gasteiger partial charge in [-0.25, -0.2) is 9.98 Å². The Morgan fingerprint density at radius 1 is 1.13 bits per heavy atom. The van der Waals surface area contributed by atoms with Gasteiger partial charge in [0, 0.05) is 17.7 Å². The second kappa shape index (κ2) is 10.4. The maximum Gasteiger partial charge on any atom is 0.387 e. The van der Waals surface area contributed by atoms with Gasteiger partial charge in [0.15, 0.2) is 11.7 Å². The van der Waals surface area contributed by atoms with Crippen molar-refractivity contribution in [2.75, 3.05) is 6.54 Å². The van der Waals surface area contributed by atoms with E-state index in [-0.39, 0.29) is 12.3 Å². The van der Waals surface area contributed by atoms with Crippen LogP contribution in [-0.2, 0) is 13.1 Å². The van der Waals surface area contributed by atoms with Crippen molar-refractivity contribution < 1.29 is 17.9 Å². The number of nitrogens with one attached hydrogen (secondary N) is 2. The number of aliphatic imine (C=N–C) groups is 1. The summed E-state index contributed by atoms with van der Waals surface area (Å²) in [4.78, 5) is 8.74. The first-order valence-corrected chi connectivity index (χ1v) is 9.61. The maximum atomic E-state index is 12.6. The number of aromatic nitrogens is 1. The summed E-state index contributed by atoms with van der Waals surface area (Å²) in [6, 6.07) is 14.6. The van der Waals surface area contributed by atoms with Crippen LogP contribution >= 0.6 is 0 Å². The van der Waals surface area contributed by atoms with Crippen LogP contribution in [0.4, 0.5) is 8.78 Å². The minimum Gasteiger partial charge on any atom is -0.439 e. The minimum atomic E-state index is -2.88. The quantitative estimate of drug-likeness (QED) is 0.419. The van der Waals surface area contributed by atoms with Crippen molar-refractivity contribution in [3.63, 3.8) is 0 Å². The first-order chi connectivity index (χ1) is 14.5. The highest BCUT2D eigenvalue weighted by Gasteiger charge is 2.10. The van der Waals surface area contributed by atoms with Crippen LogP contribution in [0.2, 0.25) is 0 Å². The Bertz CT molecular complexity index is 971. The zero-order chi connectivity index (χ0) is 21.3. The average molecular weight is 414 g/mol. The van der Waals surface area contributed by atoms with Crippen LogP contribution in [0, 0.1) is 6.92 Å². The zero-order valence-corrected chi connectivity index (χ0v) is 16.9. The van der Waals surface area contributed by atoms with Crippen LogP contribution < -0.4 is 15.4 Å². The fraction of sp³-hybridized carbons (Fsp3) is 0.273. The first kappa shape index (κ1) is 21.3. The molecule has 30 heavy (non-hydrogen) atoms. The normalized spacial score (nSPS) is 11.6. The number of para-hydroxylation sites is 1. The van der Waals surface area contributed by atoms with Gasteiger partial charge in [-0.15, -0.1) is 0 Å². The molecule has 0 saturated heterocycles. The number of nitrogens with zero attached hydrogens (tertiary/aromatic N) is 2. The fourth-order valence-corrected chi connectivity index (χ4v) is 2.75. The second-order valence-electron chi connectivity index (χ2n) is 6.52. The molecule has 2 N–H and O–H groups in total. The van der Waals surface area contributed by atoms with Gasteiger partial charge in [0.05, 0.1) is 19.3 Å². The van der Waals surface area contributed by atoms with Crippen LogP contribution in [0.5, 0.6) is 5.75 Å². The number of oxazole rings is 1. The Balaban J connectivity index is 1.64. The van der Waals surface area contributed by atoms with Crippen molar-refractivity contribution in [3.05, 3.63) is 71.7 Å². The predicted molar refractivity (Wildman–Crippen MR) is 111 cm³/mol. The molecule has 0 fully saturated rings. The molecular formula is C22H24F2N4O2. The van der Waals surface area contributed by atoms with Crippen molar-refractivity contribution in [1.29, 1.82) is 0 Å². The average Bonchev–Trinajstić information content (AvgIpc) is 3.20. The number of hydrogen-bond acceptors (Lipinski definition) is 4. The zero-order valence-electron chi connectivity index (χ0n) is 16.9. The summed E-state index contributed by atoms with van der Waals surface area (Å²) < 4.78 is 35.5. The number of benzene rings is 2. The lowest BCUT2D eigenvalue weighted by Crippen LogP contribution is -2.36. The van der Waals surface area contributed by atoms with E-state index >= 15 is 0 Å². The highest BCUT2D eigenvalue weighted by atomic mass is 19.3. The lowest BCUT2D eigenvalue weighted by molar-refractivity contribution is -0.0504. The molecule has 3 rings (SSSR count). The van der Waals surface area contributed by atoms with Gasteiger partial charge in [0.25, 0.3) is 0 Å². The molecule has 0 aliphatic rings. The van der Waals surface area contributed by atoms with E-state index < -0.39 is 6.61 Å². The SMILES string of the molecule is CCNC(=NCc1ccccc1OC(F)F)NCc1ncc(-c2ccc(C)cc2)o1. The molecule has 0 aliphatic heterocycles. The lowest BCUT2D eigenvalue weighted by atomic mass is 10.1. The lowest BCUT2D eigenvalue weighted by Gasteiger charge is -2.12. The monoisotopic (exact) mass is 414 g/mol. The van der Waals surface area contributed by atoms with E-state index in [2.05, 4.69) is 25.3 Å². The number of guanidine groups is 1. The molecule has 158 valence electrons. The number of halogens is 2. The summed E-state index contributed by atoms with van der Waals surface area (Å²) in [6.07, 6.45) is 1.68. The molecule has 0 atom stereocenters. The summed E-state index contributed by atoms with van der Waals surface area (Å²) in [5.41, 5.74) is 2.69. The molecule has 3 aromatic rings. The number of alkyl halides is 2. The third kappa shape index (κ3) is 6.04. The molecule has 2 aromatic carbocycles. The number of ether oxygens (including phenoxy) is 1. The van der Waals surface area contributed by atoms with Crippen molar-refractivity contribution in [1.82, 2.24) is 15.6 Å². The molecule has 8 heteroatoms. The Hall–Kier alpha value is -3.42. The molecule has 6 nitrogen and oxygen atoms in total. The van der Waals surface area contributed by atoms with Crippen LogP contribution in [0.3, 0.4) is 0 Å². The van der Waals surface area contributed by atoms with Crippen LogP contribution in [0.15, 0.2) is 64.1 Å². The summed E-state index contributed by atoms with van der Waals surface area (Å²) in [5, 5.41) is 6.24. The van der Waals surface area contributed by atoms with E-state index in [0.29, 0.717) is 36.3 Å². The molecule has 0 radical (unpaired) electrons. The van der Waals surface area contributed by atoms with E-state index in [1.807, 2.05) is 38.1 Å². The second-order valence-corrected chi connectivity index (χ2v) is 6.52. The van der Waals surface area contributed by atoms with Crippen molar-refractivity contribution in [2.24, 2.45) is 4.99 Å². The van der Waals surface area contributed by atoms with Gasteiger partial charge in [0.2, 0.25) is 5.89 Å². The van der Waals surface area contributed by atoms with Crippen LogP contribution in [0.25, 0.3) is 11.3 Å². The first-order valence-electron chi connectivity index (χ1n) is 9.61. The fourth-order valence-electron chi connectivity index (χ4n) is 2.75. The molecule has 1 heterocycles. The molecule has 0 saturated carbocycles. The standard InChI is InChI=1S/C22H24F2N4O2/c1-3-25-22(27-12-17-6-4-5-7-18(17)30-21(23)24)28-14-20-26-13-19(29-20)16-10-8-15(2)9-11-16/h4-11,13,21H,3,12,14H2,1-2H3,(H2,25,27,28). The Morgan fingerprint density at radius 3 is 2.63 bits per heavy atom. The minimum absolute atomic E-state index is 0.113. The molecule has 0 amide bonds. The van der Waals surface area contributed by atoms with E-state index in [1.165, 1.54) is 11.6 Å². The third-order valence-corrected chi connectivity index (χ3v) is 4.24. The van der Waals surface area contributed by atoms with E-state index in [0.717, 1.165) is 5.56 Å². The highest BCUT2D eigenvalue weighted by Crippen LogP contribution is 2.22. The van der Waals surface area contributed by atoms with Gasteiger partial charge in [-0.3, -0.25) is 0 Å². The Morgan fingerprint density at radius 2 is 1.90 bits per heavy atom. The third-order valence-electron chi connectivity index (χ3n) is 4.24.